The quantitative estimate of drug-likeness (QED) is 0.888. The maximum atomic E-state index is 12.0. The summed E-state index contributed by atoms with van der Waals surface area (Å²) in [5, 5.41) is 14.4. The number of aromatic hydroxyl groups is 1. The molecular weight excluding hydrogens is 270 g/mol. The molecule has 0 saturated heterocycles. The lowest BCUT2D eigenvalue weighted by Crippen LogP contribution is -2.36. The van der Waals surface area contributed by atoms with E-state index in [0.717, 1.165) is 5.56 Å². The van der Waals surface area contributed by atoms with Crippen molar-refractivity contribution in [1.82, 2.24) is 5.32 Å². The van der Waals surface area contributed by atoms with Crippen molar-refractivity contribution in [3.05, 3.63) is 52.2 Å². The lowest BCUT2D eigenvalue weighted by molar-refractivity contribution is -0.120. The molecule has 2 N–H and O–H groups in total. The van der Waals surface area contributed by atoms with Gasteiger partial charge in [0.25, 0.3) is 0 Å². The molecule has 0 unspecified atom stereocenters. The van der Waals surface area contributed by atoms with E-state index in [0.29, 0.717) is 6.54 Å². The molecule has 0 bridgehead atoms. The van der Waals surface area contributed by atoms with Crippen LogP contribution in [0.2, 0.25) is 0 Å². The molecule has 0 fully saturated rings. The van der Waals surface area contributed by atoms with Crippen molar-refractivity contribution in [2.24, 2.45) is 0 Å². The van der Waals surface area contributed by atoms with Gasteiger partial charge >= 0.3 is 0 Å². The Morgan fingerprint density at radius 1 is 1.30 bits per heavy atom. The molecule has 0 aliphatic heterocycles. The third-order valence-corrected chi connectivity index (χ3v) is 4.43. The fourth-order valence-electron chi connectivity index (χ4n) is 1.98. The Balaban J connectivity index is 1.89. The zero-order valence-electron chi connectivity index (χ0n) is 11.7. The highest BCUT2D eigenvalue weighted by Gasteiger charge is 2.22. The summed E-state index contributed by atoms with van der Waals surface area (Å²) >= 11 is 1.70. The third-order valence-electron chi connectivity index (χ3n) is 3.19. The number of rotatable bonds is 5. The Kier molecular flexibility index (Phi) is 4.45. The molecule has 3 nitrogen and oxygen atoms in total. The van der Waals surface area contributed by atoms with Crippen LogP contribution in [0.3, 0.4) is 0 Å². The van der Waals surface area contributed by atoms with Crippen LogP contribution >= 0.6 is 11.3 Å². The van der Waals surface area contributed by atoms with E-state index in [1.165, 1.54) is 4.88 Å². The largest absolute Gasteiger partial charge is 0.508 e. The molecule has 20 heavy (non-hydrogen) atoms. The van der Waals surface area contributed by atoms with E-state index in [-0.39, 0.29) is 23.5 Å². The van der Waals surface area contributed by atoms with Crippen molar-refractivity contribution in [2.45, 2.75) is 25.7 Å². The maximum Gasteiger partial charge on any atom is 0.224 e. The predicted octanol–water partition coefficient (Wildman–Crippen LogP) is 3.09. The molecule has 2 rings (SSSR count). The first-order chi connectivity index (χ1) is 9.47. The van der Waals surface area contributed by atoms with Gasteiger partial charge in [-0.1, -0.05) is 32.0 Å². The Morgan fingerprint density at radius 2 is 2.10 bits per heavy atom. The maximum absolute atomic E-state index is 12.0. The summed E-state index contributed by atoms with van der Waals surface area (Å²) in [6.07, 6.45) is 0.287. The van der Waals surface area contributed by atoms with E-state index < -0.39 is 0 Å². The summed E-state index contributed by atoms with van der Waals surface area (Å²) in [4.78, 5) is 13.2. The van der Waals surface area contributed by atoms with Crippen molar-refractivity contribution in [3.8, 4) is 5.75 Å². The standard InChI is InChI=1S/C16H19NO2S/c1-16(2,14-7-4-8-20-14)11-17-15(19)10-12-5-3-6-13(18)9-12/h3-9,18H,10-11H2,1-2H3,(H,17,19). The highest BCUT2D eigenvalue weighted by Crippen LogP contribution is 2.26. The van der Waals surface area contributed by atoms with Crippen LogP contribution in [-0.4, -0.2) is 17.6 Å². The molecular formula is C16H19NO2S. The van der Waals surface area contributed by atoms with Gasteiger partial charge in [-0.3, -0.25) is 4.79 Å². The van der Waals surface area contributed by atoms with Crippen LogP contribution in [0.4, 0.5) is 0 Å². The van der Waals surface area contributed by atoms with Crippen molar-refractivity contribution < 1.29 is 9.90 Å². The SMILES string of the molecule is CC(C)(CNC(=O)Cc1cccc(O)c1)c1cccs1. The molecule has 1 aromatic carbocycles. The molecule has 2 aromatic rings. The van der Waals surface area contributed by atoms with E-state index >= 15 is 0 Å². The van der Waals surface area contributed by atoms with Crippen LogP contribution in [0.15, 0.2) is 41.8 Å². The van der Waals surface area contributed by atoms with Crippen LogP contribution in [0.1, 0.15) is 24.3 Å². The number of amides is 1. The van der Waals surface area contributed by atoms with E-state index in [1.807, 2.05) is 17.5 Å². The Morgan fingerprint density at radius 3 is 2.75 bits per heavy atom. The molecule has 0 radical (unpaired) electrons. The van der Waals surface area contributed by atoms with Gasteiger partial charge in [-0.25, -0.2) is 0 Å². The second kappa shape index (κ2) is 6.09. The highest BCUT2D eigenvalue weighted by molar-refractivity contribution is 7.10. The van der Waals surface area contributed by atoms with Crippen LogP contribution in [0, 0.1) is 0 Å². The van der Waals surface area contributed by atoms with E-state index in [9.17, 15) is 9.90 Å². The van der Waals surface area contributed by atoms with Crippen LogP contribution < -0.4 is 5.32 Å². The van der Waals surface area contributed by atoms with Crippen LogP contribution in [0.25, 0.3) is 0 Å². The van der Waals surface area contributed by atoms with E-state index in [1.54, 1.807) is 29.5 Å². The van der Waals surface area contributed by atoms with Gasteiger partial charge in [0.2, 0.25) is 5.91 Å². The predicted molar refractivity (Wildman–Crippen MR) is 82.2 cm³/mol. The molecule has 0 aliphatic rings. The Bertz CT molecular complexity index is 576. The summed E-state index contributed by atoms with van der Waals surface area (Å²) in [6, 6.07) is 10.9. The third kappa shape index (κ3) is 3.84. The molecule has 1 heterocycles. The van der Waals surface area contributed by atoms with Gasteiger partial charge in [0.1, 0.15) is 5.75 Å². The molecule has 106 valence electrons. The van der Waals surface area contributed by atoms with Gasteiger partial charge in [-0.05, 0) is 29.1 Å². The minimum absolute atomic E-state index is 0.0276. The summed E-state index contributed by atoms with van der Waals surface area (Å²) in [6.45, 7) is 4.84. The first kappa shape index (κ1) is 14.6. The molecule has 0 saturated carbocycles. The van der Waals surface area contributed by atoms with Crippen molar-refractivity contribution in [1.29, 1.82) is 0 Å². The number of hydrogen-bond acceptors (Lipinski definition) is 3. The molecule has 0 spiro atoms. The monoisotopic (exact) mass is 289 g/mol. The Hall–Kier alpha value is -1.81. The minimum atomic E-state index is -0.0668. The normalized spacial score (nSPS) is 11.3. The number of phenols is 1. The first-order valence-electron chi connectivity index (χ1n) is 6.56. The molecule has 0 aliphatic carbocycles. The lowest BCUT2D eigenvalue weighted by atomic mass is 9.91. The van der Waals surface area contributed by atoms with Crippen molar-refractivity contribution in [2.75, 3.05) is 6.54 Å². The molecule has 1 aromatic heterocycles. The van der Waals surface area contributed by atoms with Gasteiger partial charge in [-0.2, -0.15) is 0 Å². The van der Waals surface area contributed by atoms with E-state index in [4.69, 9.17) is 0 Å². The first-order valence-corrected chi connectivity index (χ1v) is 7.44. The summed E-state index contributed by atoms with van der Waals surface area (Å²) in [5.41, 5.74) is 0.749. The Labute approximate surface area is 123 Å². The number of benzene rings is 1. The fourth-order valence-corrected chi connectivity index (χ4v) is 2.84. The highest BCUT2D eigenvalue weighted by atomic mass is 32.1. The van der Waals surface area contributed by atoms with Gasteiger partial charge in [-0.15, -0.1) is 11.3 Å². The smallest absolute Gasteiger partial charge is 0.224 e. The number of thiophene rings is 1. The number of carbonyl (C=O) groups is 1. The second-order valence-corrected chi connectivity index (χ2v) is 6.43. The molecule has 0 atom stereocenters. The molecule has 1 amide bonds. The average Bonchev–Trinajstić information content (AvgIpc) is 2.91. The molecule has 4 heteroatoms. The topological polar surface area (TPSA) is 49.3 Å². The van der Waals surface area contributed by atoms with Gasteiger partial charge < -0.3 is 10.4 Å². The zero-order chi connectivity index (χ0) is 14.6. The number of phenolic OH excluding ortho intramolecular Hbond substituents is 1. The van der Waals surface area contributed by atoms with Crippen LogP contribution in [-0.2, 0) is 16.6 Å². The summed E-state index contributed by atoms with van der Waals surface area (Å²) in [5.74, 6) is 0.162. The van der Waals surface area contributed by atoms with Crippen molar-refractivity contribution >= 4 is 17.2 Å². The van der Waals surface area contributed by atoms with Gasteiger partial charge in [0.05, 0.1) is 6.42 Å². The fraction of sp³-hybridized carbons (Fsp3) is 0.312. The van der Waals surface area contributed by atoms with E-state index in [2.05, 4.69) is 25.2 Å². The minimum Gasteiger partial charge on any atom is -0.508 e. The number of carbonyl (C=O) groups excluding carboxylic acids is 1. The van der Waals surface area contributed by atoms with Gasteiger partial charge in [0.15, 0.2) is 0 Å². The van der Waals surface area contributed by atoms with Crippen molar-refractivity contribution in [3.63, 3.8) is 0 Å². The second-order valence-electron chi connectivity index (χ2n) is 5.48. The number of hydrogen-bond donors (Lipinski definition) is 2. The van der Waals surface area contributed by atoms with Gasteiger partial charge in [0, 0.05) is 16.8 Å². The average molecular weight is 289 g/mol. The summed E-state index contributed by atoms with van der Waals surface area (Å²) in [7, 11) is 0. The lowest BCUT2D eigenvalue weighted by Gasteiger charge is -2.23. The summed E-state index contributed by atoms with van der Waals surface area (Å²) < 4.78 is 0. The van der Waals surface area contributed by atoms with Crippen LogP contribution in [0.5, 0.6) is 5.75 Å². The zero-order valence-corrected chi connectivity index (χ0v) is 12.5. The number of nitrogens with one attached hydrogen (secondary N) is 1.